The summed E-state index contributed by atoms with van der Waals surface area (Å²) in [5.74, 6) is -1.02. The molecule has 1 aliphatic heterocycles. The third-order valence-corrected chi connectivity index (χ3v) is 6.71. The second kappa shape index (κ2) is 8.60. The van der Waals surface area contributed by atoms with Crippen LogP contribution in [0.25, 0.3) is 0 Å². The van der Waals surface area contributed by atoms with Crippen LogP contribution >= 0.6 is 0 Å². The van der Waals surface area contributed by atoms with Gasteiger partial charge in [0, 0.05) is 31.7 Å². The van der Waals surface area contributed by atoms with Gasteiger partial charge in [-0.05, 0) is 59.4 Å². The van der Waals surface area contributed by atoms with E-state index >= 15 is 0 Å². The SMILES string of the molecule is O=C(O)c1ccc(C(=O)N2CCN(C3c4ccccc4CCc4ccccc43)CC2)cc1. The number of carboxylic acids is 1. The summed E-state index contributed by atoms with van der Waals surface area (Å²) in [6.45, 7) is 2.90. The van der Waals surface area contributed by atoms with Crippen molar-refractivity contribution in [3.63, 3.8) is 0 Å². The molecule has 5 heteroatoms. The Morgan fingerprint density at radius 3 is 1.72 bits per heavy atom. The van der Waals surface area contributed by atoms with E-state index in [0.29, 0.717) is 18.7 Å². The summed E-state index contributed by atoms with van der Waals surface area (Å²) in [7, 11) is 0. The van der Waals surface area contributed by atoms with Gasteiger partial charge in [0.15, 0.2) is 0 Å². The number of rotatable bonds is 3. The molecule has 5 rings (SSSR count). The number of nitrogens with zero attached hydrogens (tertiary/aromatic N) is 2. The van der Waals surface area contributed by atoms with Crippen molar-refractivity contribution < 1.29 is 14.7 Å². The van der Waals surface area contributed by atoms with Gasteiger partial charge in [-0.15, -0.1) is 0 Å². The van der Waals surface area contributed by atoms with Crippen LogP contribution in [0.4, 0.5) is 0 Å². The van der Waals surface area contributed by atoms with Crippen molar-refractivity contribution in [1.82, 2.24) is 9.80 Å². The minimum absolute atomic E-state index is 0.0387. The van der Waals surface area contributed by atoms with Crippen LogP contribution in [0.1, 0.15) is 49.0 Å². The van der Waals surface area contributed by atoms with Crippen LogP contribution < -0.4 is 0 Å². The lowest BCUT2D eigenvalue weighted by atomic mass is 9.92. The number of benzene rings is 3. The normalized spacial score (nSPS) is 16.7. The first-order valence-electron chi connectivity index (χ1n) is 11.1. The number of aromatic carboxylic acids is 1. The van der Waals surface area contributed by atoms with Crippen LogP contribution in [0.3, 0.4) is 0 Å². The van der Waals surface area contributed by atoms with Gasteiger partial charge >= 0.3 is 5.97 Å². The molecule has 1 saturated heterocycles. The summed E-state index contributed by atoms with van der Waals surface area (Å²) in [6, 6.07) is 23.9. The Morgan fingerprint density at radius 1 is 0.688 bits per heavy atom. The minimum Gasteiger partial charge on any atom is -0.478 e. The Hall–Kier alpha value is -3.44. The maximum atomic E-state index is 13.0. The molecule has 32 heavy (non-hydrogen) atoms. The molecule has 0 unspecified atom stereocenters. The first kappa shape index (κ1) is 20.5. The average Bonchev–Trinajstić information content (AvgIpc) is 3.01. The molecule has 0 bridgehead atoms. The zero-order chi connectivity index (χ0) is 22.1. The Balaban J connectivity index is 1.36. The molecule has 2 aliphatic rings. The molecule has 0 saturated carbocycles. The molecule has 0 spiro atoms. The van der Waals surface area contributed by atoms with Crippen LogP contribution in [0.2, 0.25) is 0 Å². The third kappa shape index (κ3) is 3.80. The van der Waals surface area contributed by atoms with E-state index in [0.717, 1.165) is 25.9 Å². The highest BCUT2D eigenvalue weighted by Crippen LogP contribution is 2.37. The number of amides is 1. The van der Waals surface area contributed by atoms with Crippen molar-refractivity contribution in [3.05, 3.63) is 106 Å². The van der Waals surface area contributed by atoms with Crippen molar-refractivity contribution in [2.45, 2.75) is 18.9 Å². The largest absolute Gasteiger partial charge is 0.478 e. The Kier molecular flexibility index (Phi) is 5.50. The summed E-state index contributed by atoms with van der Waals surface area (Å²) in [5, 5.41) is 9.07. The van der Waals surface area contributed by atoms with Crippen LogP contribution in [0, 0.1) is 0 Å². The fourth-order valence-corrected chi connectivity index (χ4v) is 5.01. The quantitative estimate of drug-likeness (QED) is 0.687. The van der Waals surface area contributed by atoms with E-state index in [4.69, 9.17) is 5.11 Å². The van der Waals surface area contributed by atoms with Gasteiger partial charge in [-0.25, -0.2) is 4.79 Å². The third-order valence-electron chi connectivity index (χ3n) is 6.71. The molecule has 1 fully saturated rings. The lowest BCUT2D eigenvalue weighted by molar-refractivity contribution is 0.0595. The van der Waals surface area contributed by atoms with Crippen LogP contribution in [0.15, 0.2) is 72.8 Å². The van der Waals surface area contributed by atoms with E-state index in [1.807, 2.05) is 4.90 Å². The second-order valence-electron chi connectivity index (χ2n) is 8.51. The smallest absolute Gasteiger partial charge is 0.335 e. The number of hydrogen-bond donors (Lipinski definition) is 1. The van der Waals surface area contributed by atoms with Gasteiger partial charge in [0.2, 0.25) is 0 Å². The average molecular weight is 427 g/mol. The summed E-state index contributed by atoms with van der Waals surface area (Å²) in [4.78, 5) is 28.4. The Morgan fingerprint density at radius 2 is 1.19 bits per heavy atom. The van der Waals surface area contributed by atoms with E-state index in [-0.39, 0.29) is 17.5 Å². The molecule has 1 N–H and O–H groups in total. The lowest BCUT2D eigenvalue weighted by Gasteiger charge is -2.40. The molecule has 3 aromatic carbocycles. The van der Waals surface area contributed by atoms with Gasteiger partial charge < -0.3 is 10.0 Å². The maximum absolute atomic E-state index is 13.0. The molecule has 1 heterocycles. The molecular weight excluding hydrogens is 400 g/mol. The Bertz CT molecular complexity index is 1100. The Labute approximate surface area is 187 Å². The summed E-state index contributed by atoms with van der Waals surface area (Å²) in [6.07, 6.45) is 2.10. The number of carbonyl (C=O) groups excluding carboxylic acids is 1. The lowest BCUT2D eigenvalue weighted by Crippen LogP contribution is -2.50. The summed E-state index contributed by atoms with van der Waals surface area (Å²) in [5.41, 5.74) is 6.30. The number of piperazine rings is 1. The molecule has 5 nitrogen and oxygen atoms in total. The number of fused-ring (bicyclic) bond motifs is 2. The standard InChI is InChI=1S/C27H26N2O3/c30-26(21-11-13-22(14-12-21)27(31)32)29-17-15-28(16-18-29)25-23-7-3-1-5-19(23)9-10-20-6-2-4-8-24(20)25/h1-8,11-14,25H,9-10,15-18H2,(H,31,32). The first-order valence-corrected chi connectivity index (χ1v) is 11.1. The zero-order valence-corrected chi connectivity index (χ0v) is 17.9. The van der Waals surface area contributed by atoms with Gasteiger partial charge in [-0.1, -0.05) is 48.5 Å². The minimum atomic E-state index is -0.985. The molecule has 162 valence electrons. The fourth-order valence-electron chi connectivity index (χ4n) is 5.01. The van der Waals surface area contributed by atoms with E-state index in [1.54, 1.807) is 12.1 Å². The van der Waals surface area contributed by atoms with E-state index in [9.17, 15) is 9.59 Å². The maximum Gasteiger partial charge on any atom is 0.335 e. The van der Waals surface area contributed by atoms with Crippen molar-refractivity contribution in [2.24, 2.45) is 0 Å². The topological polar surface area (TPSA) is 60.9 Å². The second-order valence-corrected chi connectivity index (χ2v) is 8.51. The van der Waals surface area contributed by atoms with Crippen molar-refractivity contribution in [2.75, 3.05) is 26.2 Å². The van der Waals surface area contributed by atoms with E-state index in [2.05, 4.69) is 53.4 Å². The first-order chi connectivity index (χ1) is 15.6. The summed E-state index contributed by atoms with van der Waals surface area (Å²) >= 11 is 0. The highest BCUT2D eigenvalue weighted by Gasteiger charge is 2.32. The van der Waals surface area contributed by atoms with Crippen molar-refractivity contribution in [3.8, 4) is 0 Å². The zero-order valence-electron chi connectivity index (χ0n) is 17.9. The highest BCUT2D eigenvalue weighted by molar-refractivity contribution is 5.96. The molecule has 1 amide bonds. The van der Waals surface area contributed by atoms with Crippen molar-refractivity contribution in [1.29, 1.82) is 0 Å². The molecule has 0 radical (unpaired) electrons. The molecule has 3 aromatic rings. The highest BCUT2D eigenvalue weighted by atomic mass is 16.4. The van der Waals surface area contributed by atoms with Crippen LogP contribution in [0.5, 0.6) is 0 Å². The number of carboxylic acid groups (broad SMARTS) is 1. The van der Waals surface area contributed by atoms with Crippen molar-refractivity contribution >= 4 is 11.9 Å². The van der Waals surface area contributed by atoms with E-state index in [1.165, 1.54) is 34.4 Å². The van der Waals surface area contributed by atoms with Gasteiger partial charge in [-0.2, -0.15) is 0 Å². The number of hydrogen-bond acceptors (Lipinski definition) is 3. The monoisotopic (exact) mass is 426 g/mol. The molecule has 0 atom stereocenters. The fraction of sp³-hybridized carbons (Fsp3) is 0.259. The molecule has 1 aliphatic carbocycles. The van der Waals surface area contributed by atoms with Crippen LogP contribution in [-0.4, -0.2) is 53.0 Å². The van der Waals surface area contributed by atoms with Gasteiger partial charge in [0.25, 0.3) is 5.91 Å². The molecular formula is C27H26N2O3. The van der Waals surface area contributed by atoms with Gasteiger partial charge in [0.1, 0.15) is 0 Å². The number of aryl methyl sites for hydroxylation is 2. The summed E-state index contributed by atoms with van der Waals surface area (Å²) < 4.78 is 0. The van der Waals surface area contributed by atoms with Crippen LogP contribution in [-0.2, 0) is 12.8 Å². The van der Waals surface area contributed by atoms with Gasteiger partial charge in [-0.3, -0.25) is 9.69 Å². The van der Waals surface area contributed by atoms with E-state index < -0.39 is 5.97 Å². The number of carbonyl (C=O) groups is 2. The predicted octanol–water partition coefficient (Wildman–Crippen LogP) is 4.03. The van der Waals surface area contributed by atoms with Gasteiger partial charge in [0.05, 0.1) is 11.6 Å². The molecule has 0 aromatic heterocycles. The predicted molar refractivity (Wildman–Crippen MR) is 123 cm³/mol.